The number of thiol groups is 1. The number of hydrogen-bond donors (Lipinski definition) is 2. The van der Waals surface area contributed by atoms with Crippen molar-refractivity contribution in [3.05, 3.63) is 82.9 Å². The van der Waals surface area contributed by atoms with Crippen molar-refractivity contribution in [1.82, 2.24) is 4.90 Å². The molecule has 0 aromatic heterocycles. The Bertz CT molecular complexity index is 1220. The maximum Gasteiger partial charge on any atom is 0.409 e. The Kier molecular flexibility index (Phi) is 5.96. The summed E-state index contributed by atoms with van der Waals surface area (Å²) in [4.78, 5) is 28.9. The second-order valence-corrected chi connectivity index (χ2v) is 9.24. The third kappa shape index (κ3) is 4.01. The van der Waals surface area contributed by atoms with Crippen LogP contribution < -0.4 is 4.90 Å². The molecule has 1 aliphatic carbocycles. The second kappa shape index (κ2) is 9.06. The Morgan fingerprint density at radius 3 is 2.15 bits per heavy atom. The Balaban J connectivity index is 1.24. The number of ether oxygens (including phenoxy) is 1. The van der Waals surface area contributed by atoms with Crippen LogP contribution >= 0.6 is 12.6 Å². The highest BCUT2D eigenvalue weighted by Gasteiger charge is 2.30. The van der Waals surface area contributed by atoms with Crippen molar-refractivity contribution < 1.29 is 19.4 Å². The summed E-state index contributed by atoms with van der Waals surface area (Å²) < 4.78 is 5.79. The summed E-state index contributed by atoms with van der Waals surface area (Å²) in [5.41, 5.74) is 6.60. The van der Waals surface area contributed by atoms with Crippen molar-refractivity contribution in [2.24, 2.45) is 0 Å². The standard InChI is InChI=1S/C27H26N2O4S/c1-17-23(26(30)31)14-18(34)15-25(17)28-10-12-29(13-11-28)27(32)33-16-24-21-8-4-2-6-19(21)20-7-3-5-9-22(20)24/h2-9,14-15,24,34H,10-13,16H2,1H3,(H,30,31). The van der Waals surface area contributed by atoms with Crippen LogP contribution in [0.2, 0.25) is 0 Å². The maximum absolute atomic E-state index is 12.9. The highest BCUT2D eigenvalue weighted by Crippen LogP contribution is 2.44. The molecule has 1 amide bonds. The molecule has 0 bridgehead atoms. The number of carboxylic acids is 1. The van der Waals surface area contributed by atoms with Gasteiger partial charge in [0.1, 0.15) is 6.61 Å². The first-order valence-electron chi connectivity index (χ1n) is 11.4. The van der Waals surface area contributed by atoms with Crippen LogP contribution in [0.15, 0.2) is 65.6 Å². The zero-order chi connectivity index (χ0) is 23.8. The van der Waals surface area contributed by atoms with Gasteiger partial charge in [0.05, 0.1) is 5.56 Å². The molecule has 0 saturated carbocycles. The Hall–Kier alpha value is -3.45. The van der Waals surface area contributed by atoms with Gasteiger partial charge in [-0.15, -0.1) is 12.6 Å². The summed E-state index contributed by atoms with van der Waals surface area (Å²) in [5.74, 6) is -0.931. The number of carbonyl (C=O) groups is 2. The molecule has 0 radical (unpaired) electrons. The monoisotopic (exact) mass is 474 g/mol. The second-order valence-electron chi connectivity index (χ2n) is 8.72. The summed E-state index contributed by atoms with van der Waals surface area (Å²) in [6, 6.07) is 20.0. The van der Waals surface area contributed by atoms with Crippen LogP contribution in [-0.2, 0) is 4.74 Å². The first kappa shape index (κ1) is 22.3. The molecule has 34 heavy (non-hydrogen) atoms. The predicted molar refractivity (Wildman–Crippen MR) is 134 cm³/mol. The number of benzene rings is 3. The van der Waals surface area contributed by atoms with Gasteiger partial charge in [0.15, 0.2) is 0 Å². The van der Waals surface area contributed by atoms with Crippen molar-refractivity contribution in [1.29, 1.82) is 0 Å². The molecule has 6 nitrogen and oxygen atoms in total. The fraction of sp³-hybridized carbons (Fsp3) is 0.259. The average Bonchev–Trinajstić information content (AvgIpc) is 3.17. The van der Waals surface area contributed by atoms with Gasteiger partial charge in [-0.1, -0.05) is 48.5 Å². The van der Waals surface area contributed by atoms with E-state index in [1.54, 1.807) is 11.0 Å². The molecule has 1 fully saturated rings. The van der Waals surface area contributed by atoms with Crippen molar-refractivity contribution in [3.63, 3.8) is 0 Å². The van der Waals surface area contributed by atoms with Gasteiger partial charge in [0.25, 0.3) is 0 Å². The molecule has 174 valence electrons. The molecule has 0 spiro atoms. The number of amides is 1. The lowest BCUT2D eigenvalue weighted by atomic mass is 9.98. The number of piperazine rings is 1. The van der Waals surface area contributed by atoms with E-state index in [0.29, 0.717) is 43.2 Å². The first-order chi connectivity index (χ1) is 16.4. The van der Waals surface area contributed by atoms with Gasteiger partial charge < -0.3 is 19.6 Å². The van der Waals surface area contributed by atoms with Crippen molar-refractivity contribution >= 4 is 30.4 Å². The molecule has 1 saturated heterocycles. The molecule has 1 heterocycles. The Morgan fingerprint density at radius 2 is 1.56 bits per heavy atom. The van der Waals surface area contributed by atoms with Crippen LogP contribution in [0.5, 0.6) is 0 Å². The molecule has 1 aliphatic heterocycles. The first-order valence-corrected chi connectivity index (χ1v) is 11.8. The van der Waals surface area contributed by atoms with E-state index in [1.165, 1.54) is 22.3 Å². The van der Waals surface area contributed by atoms with E-state index in [4.69, 9.17) is 4.74 Å². The van der Waals surface area contributed by atoms with Gasteiger partial charge in [-0.05, 0) is 46.9 Å². The number of carboxylic acid groups (broad SMARTS) is 1. The number of fused-ring (bicyclic) bond motifs is 3. The highest BCUT2D eigenvalue weighted by atomic mass is 32.1. The van der Waals surface area contributed by atoms with Crippen molar-refractivity contribution in [2.45, 2.75) is 17.7 Å². The topological polar surface area (TPSA) is 70.1 Å². The molecule has 0 atom stereocenters. The lowest BCUT2D eigenvalue weighted by Crippen LogP contribution is -2.49. The molecule has 2 aliphatic rings. The average molecular weight is 475 g/mol. The minimum Gasteiger partial charge on any atom is -0.478 e. The third-order valence-electron chi connectivity index (χ3n) is 6.81. The van der Waals surface area contributed by atoms with Gasteiger partial charge in [0.2, 0.25) is 0 Å². The van der Waals surface area contributed by atoms with E-state index >= 15 is 0 Å². The number of nitrogens with zero attached hydrogens (tertiary/aromatic N) is 2. The Labute approximate surface area is 204 Å². The van der Waals surface area contributed by atoms with Crippen LogP contribution in [0.1, 0.15) is 33.0 Å². The summed E-state index contributed by atoms with van der Waals surface area (Å²) in [7, 11) is 0. The van der Waals surface area contributed by atoms with E-state index < -0.39 is 5.97 Å². The predicted octanol–water partition coefficient (Wildman–Crippen LogP) is 5.05. The van der Waals surface area contributed by atoms with Crippen molar-refractivity contribution in [2.75, 3.05) is 37.7 Å². The molecule has 3 aromatic rings. The zero-order valence-corrected chi connectivity index (χ0v) is 19.8. The van der Waals surface area contributed by atoms with Gasteiger partial charge in [-0.3, -0.25) is 0 Å². The van der Waals surface area contributed by atoms with Gasteiger partial charge in [0, 0.05) is 42.7 Å². The largest absolute Gasteiger partial charge is 0.478 e. The minimum atomic E-state index is -0.966. The zero-order valence-electron chi connectivity index (χ0n) is 18.9. The van der Waals surface area contributed by atoms with Gasteiger partial charge >= 0.3 is 12.1 Å². The minimum absolute atomic E-state index is 0.0351. The lowest BCUT2D eigenvalue weighted by molar-refractivity contribution is 0.0695. The van der Waals surface area contributed by atoms with E-state index in [-0.39, 0.29) is 17.6 Å². The normalized spacial score (nSPS) is 15.1. The van der Waals surface area contributed by atoms with Gasteiger partial charge in [-0.2, -0.15) is 0 Å². The van der Waals surface area contributed by atoms with E-state index in [2.05, 4.69) is 41.8 Å². The van der Waals surface area contributed by atoms with E-state index in [0.717, 1.165) is 5.69 Å². The quantitative estimate of drug-likeness (QED) is 0.518. The van der Waals surface area contributed by atoms with Crippen LogP contribution in [0.4, 0.5) is 10.5 Å². The fourth-order valence-corrected chi connectivity index (χ4v) is 5.30. The molecular formula is C27H26N2O4S. The highest BCUT2D eigenvalue weighted by molar-refractivity contribution is 7.80. The third-order valence-corrected chi connectivity index (χ3v) is 7.07. The van der Waals surface area contributed by atoms with Crippen LogP contribution in [0.3, 0.4) is 0 Å². The lowest BCUT2D eigenvalue weighted by Gasteiger charge is -2.36. The molecule has 0 unspecified atom stereocenters. The fourth-order valence-electron chi connectivity index (χ4n) is 5.05. The van der Waals surface area contributed by atoms with Crippen LogP contribution in [0, 0.1) is 6.92 Å². The summed E-state index contributed by atoms with van der Waals surface area (Å²) in [6.07, 6.45) is -0.313. The van der Waals surface area contributed by atoms with E-state index in [9.17, 15) is 14.7 Å². The summed E-state index contributed by atoms with van der Waals surface area (Å²) in [6.45, 7) is 4.33. The van der Waals surface area contributed by atoms with Crippen LogP contribution in [-0.4, -0.2) is 54.9 Å². The number of carbonyl (C=O) groups excluding carboxylic acids is 1. The smallest absolute Gasteiger partial charge is 0.409 e. The molecular weight excluding hydrogens is 448 g/mol. The number of anilines is 1. The van der Waals surface area contributed by atoms with E-state index in [1.807, 2.05) is 37.3 Å². The number of aromatic carboxylic acids is 1. The summed E-state index contributed by atoms with van der Waals surface area (Å²) in [5, 5.41) is 9.48. The Morgan fingerprint density at radius 1 is 0.971 bits per heavy atom. The van der Waals surface area contributed by atoms with Gasteiger partial charge in [-0.25, -0.2) is 9.59 Å². The van der Waals surface area contributed by atoms with Crippen LogP contribution in [0.25, 0.3) is 11.1 Å². The maximum atomic E-state index is 12.9. The van der Waals surface area contributed by atoms with Crippen molar-refractivity contribution in [3.8, 4) is 11.1 Å². The molecule has 1 N–H and O–H groups in total. The number of rotatable bonds is 4. The summed E-state index contributed by atoms with van der Waals surface area (Å²) >= 11 is 4.37. The number of hydrogen-bond acceptors (Lipinski definition) is 5. The molecule has 5 rings (SSSR count). The molecule has 7 heteroatoms. The molecule has 3 aromatic carbocycles. The SMILES string of the molecule is Cc1c(C(=O)O)cc(S)cc1N1CCN(C(=O)OCC2c3ccccc3-c3ccccc32)CC1.